The molecule has 1 aromatic carbocycles. The summed E-state index contributed by atoms with van der Waals surface area (Å²) < 4.78 is 5.56. The van der Waals surface area contributed by atoms with E-state index < -0.39 is 0 Å². The van der Waals surface area contributed by atoms with Crippen molar-refractivity contribution in [3.63, 3.8) is 0 Å². The quantitative estimate of drug-likeness (QED) is 0.528. The normalized spacial score (nSPS) is 17.9. The maximum atomic E-state index is 5.56. The van der Waals surface area contributed by atoms with Crippen LogP contribution in [-0.4, -0.2) is 48.8 Å². The van der Waals surface area contributed by atoms with E-state index in [9.17, 15) is 0 Å². The molecule has 1 aliphatic heterocycles. The molecule has 0 fully saturated rings. The molecule has 0 spiro atoms. The Morgan fingerprint density at radius 3 is 3.00 bits per heavy atom. The molecule has 0 saturated carbocycles. The van der Waals surface area contributed by atoms with Crippen LogP contribution in [-0.2, 0) is 4.74 Å². The minimum Gasteiger partial charge on any atom is -0.379 e. The van der Waals surface area contributed by atoms with E-state index in [0.717, 1.165) is 38.2 Å². The van der Waals surface area contributed by atoms with Crippen molar-refractivity contribution in [3.8, 4) is 0 Å². The summed E-state index contributed by atoms with van der Waals surface area (Å²) in [5, 5.41) is 0.922. The van der Waals surface area contributed by atoms with Crippen molar-refractivity contribution in [2.45, 2.75) is 17.7 Å². The van der Waals surface area contributed by atoms with Crippen LogP contribution in [0, 0.1) is 0 Å². The molecule has 1 heterocycles. The van der Waals surface area contributed by atoms with Gasteiger partial charge in [0, 0.05) is 35.0 Å². The van der Waals surface area contributed by atoms with Gasteiger partial charge in [-0.2, -0.15) is 0 Å². The van der Waals surface area contributed by atoms with Gasteiger partial charge in [0.1, 0.15) is 0 Å². The molecule has 2 nitrogen and oxygen atoms in total. The Balaban J connectivity index is 1.82. The number of rotatable bonds is 8. The first-order valence-corrected chi connectivity index (χ1v) is 9.03. The average Bonchev–Trinajstić information content (AvgIpc) is 2.85. The van der Waals surface area contributed by atoms with Crippen LogP contribution in [0.5, 0.6) is 0 Å². The van der Waals surface area contributed by atoms with E-state index >= 15 is 0 Å². The van der Waals surface area contributed by atoms with Crippen molar-refractivity contribution in [3.05, 3.63) is 29.8 Å². The Hall–Kier alpha value is -0.0300. The lowest BCUT2D eigenvalue weighted by Gasteiger charge is -2.24. The summed E-state index contributed by atoms with van der Waals surface area (Å²) in [6.45, 7) is 7.16. The van der Waals surface area contributed by atoms with Crippen LogP contribution in [0.1, 0.15) is 18.4 Å². The Kier molecular flexibility index (Phi) is 6.71. The van der Waals surface area contributed by atoms with Gasteiger partial charge in [0.2, 0.25) is 0 Å². The molecule has 0 aliphatic carbocycles. The molecular weight excluding hydrogens is 322 g/mol. The number of ether oxygens (including phenoxy) is 1. The molecule has 1 atom stereocenters. The highest BCUT2D eigenvalue weighted by Crippen LogP contribution is 2.39. The second-order valence-corrected chi connectivity index (χ2v) is 6.60. The summed E-state index contributed by atoms with van der Waals surface area (Å²) in [7, 11) is 0. The van der Waals surface area contributed by atoms with Crippen LogP contribution >= 0.6 is 27.7 Å². The van der Waals surface area contributed by atoms with E-state index in [2.05, 4.69) is 52.0 Å². The maximum Gasteiger partial charge on any atom is 0.0593 e. The SMILES string of the molecule is CCN(CCOCCBr)CC1CSc2ccccc21. The standard InChI is InChI=1S/C15H22BrNOS/c1-2-17(8-10-18-9-7-16)11-13-12-19-15-6-4-3-5-14(13)15/h3-6,13H,2,7-12H2,1H3. The number of nitrogens with zero attached hydrogens (tertiary/aromatic N) is 1. The molecule has 0 radical (unpaired) electrons. The van der Waals surface area contributed by atoms with Gasteiger partial charge >= 0.3 is 0 Å². The number of thioether (sulfide) groups is 1. The van der Waals surface area contributed by atoms with Gasteiger partial charge in [-0.1, -0.05) is 41.1 Å². The van der Waals surface area contributed by atoms with Crippen molar-refractivity contribution < 1.29 is 4.74 Å². The van der Waals surface area contributed by atoms with Gasteiger partial charge in [-0.3, -0.25) is 0 Å². The minimum atomic E-state index is 0.678. The first-order valence-electron chi connectivity index (χ1n) is 6.93. The van der Waals surface area contributed by atoms with Gasteiger partial charge in [0.25, 0.3) is 0 Å². The van der Waals surface area contributed by atoms with E-state index in [-0.39, 0.29) is 0 Å². The molecule has 0 saturated heterocycles. The predicted molar refractivity (Wildman–Crippen MR) is 86.6 cm³/mol. The highest BCUT2D eigenvalue weighted by Gasteiger charge is 2.24. The summed E-state index contributed by atoms with van der Waals surface area (Å²) >= 11 is 5.38. The third-order valence-electron chi connectivity index (χ3n) is 3.50. The lowest BCUT2D eigenvalue weighted by Crippen LogP contribution is -2.32. The van der Waals surface area contributed by atoms with Gasteiger partial charge in [0.15, 0.2) is 0 Å². The number of benzene rings is 1. The van der Waals surface area contributed by atoms with Crippen LogP contribution in [0.2, 0.25) is 0 Å². The molecule has 0 bridgehead atoms. The van der Waals surface area contributed by atoms with Crippen molar-refractivity contribution in [2.24, 2.45) is 0 Å². The Labute approximate surface area is 129 Å². The van der Waals surface area contributed by atoms with Crippen molar-refractivity contribution in [1.29, 1.82) is 0 Å². The lowest BCUT2D eigenvalue weighted by molar-refractivity contribution is 0.116. The third kappa shape index (κ3) is 4.48. The Bertz CT molecular complexity index is 388. The molecule has 1 aliphatic rings. The van der Waals surface area contributed by atoms with Gasteiger partial charge in [-0.05, 0) is 18.2 Å². The molecule has 1 aromatic rings. The topological polar surface area (TPSA) is 12.5 Å². The largest absolute Gasteiger partial charge is 0.379 e. The van der Waals surface area contributed by atoms with E-state index in [1.807, 2.05) is 11.8 Å². The van der Waals surface area contributed by atoms with E-state index in [1.165, 1.54) is 16.2 Å². The molecule has 0 aromatic heterocycles. The zero-order chi connectivity index (χ0) is 13.5. The molecule has 2 rings (SSSR count). The van der Waals surface area contributed by atoms with Crippen LogP contribution in [0.3, 0.4) is 0 Å². The summed E-state index contributed by atoms with van der Waals surface area (Å²) in [5.74, 6) is 1.90. The number of likely N-dealkylation sites (N-methyl/N-ethyl adjacent to an activating group) is 1. The number of alkyl halides is 1. The number of halogens is 1. The van der Waals surface area contributed by atoms with Crippen LogP contribution < -0.4 is 0 Å². The van der Waals surface area contributed by atoms with Gasteiger partial charge in [0.05, 0.1) is 13.2 Å². The minimum absolute atomic E-state index is 0.678. The fourth-order valence-electron chi connectivity index (χ4n) is 2.42. The predicted octanol–water partition coefficient (Wildman–Crippen LogP) is 3.61. The Morgan fingerprint density at radius 2 is 2.21 bits per heavy atom. The van der Waals surface area contributed by atoms with E-state index in [0.29, 0.717) is 5.92 Å². The molecule has 0 N–H and O–H groups in total. The number of hydrogen-bond acceptors (Lipinski definition) is 3. The third-order valence-corrected chi connectivity index (χ3v) is 5.07. The smallest absolute Gasteiger partial charge is 0.0593 e. The Morgan fingerprint density at radius 1 is 1.37 bits per heavy atom. The molecular formula is C15H22BrNOS. The zero-order valence-corrected chi connectivity index (χ0v) is 13.9. The van der Waals surface area contributed by atoms with Gasteiger partial charge in [-0.25, -0.2) is 0 Å². The molecule has 1 unspecified atom stereocenters. The molecule has 4 heteroatoms. The monoisotopic (exact) mass is 343 g/mol. The highest BCUT2D eigenvalue weighted by molar-refractivity contribution is 9.09. The van der Waals surface area contributed by atoms with Crippen LogP contribution in [0.4, 0.5) is 0 Å². The molecule has 19 heavy (non-hydrogen) atoms. The summed E-state index contributed by atoms with van der Waals surface area (Å²) in [6, 6.07) is 8.83. The fourth-order valence-corrected chi connectivity index (χ4v) is 3.89. The second kappa shape index (κ2) is 8.30. The zero-order valence-electron chi connectivity index (χ0n) is 11.5. The van der Waals surface area contributed by atoms with Crippen molar-refractivity contribution in [2.75, 3.05) is 43.9 Å². The maximum absolute atomic E-state index is 5.56. The van der Waals surface area contributed by atoms with Crippen LogP contribution in [0.25, 0.3) is 0 Å². The van der Waals surface area contributed by atoms with E-state index in [4.69, 9.17) is 4.74 Å². The van der Waals surface area contributed by atoms with Crippen molar-refractivity contribution >= 4 is 27.7 Å². The number of fused-ring (bicyclic) bond motifs is 1. The van der Waals surface area contributed by atoms with Crippen molar-refractivity contribution in [1.82, 2.24) is 4.90 Å². The van der Waals surface area contributed by atoms with Crippen LogP contribution in [0.15, 0.2) is 29.2 Å². The lowest BCUT2D eigenvalue weighted by atomic mass is 10.0. The highest BCUT2D eigenvalue weighted by atomic mass is 79.9. The van der Waals surface area contributed by atoms with Gasteiger partial charge < -0.3 is 9.64 Å². The number of hydrogen-bond donors (Lipinski definition) is 0. The fraction of sp³-hybridized carbons (Fsp3) is 0.600. The summed E-state index contributed by atoms with van der Waals surface area (Å²) in [4.78, 5) is 3.97. The first-order chi connectivity index (χ1) is 9.35. The summed E-state index contributed by atoms with van der Waals surface area (Å²) in [5.41, 5.74) is 1.53. The molecule has 106 valence electrons. The van der Waals surface area contributed by atoms with Gasteiger partial charge in [-0.15, -0.1) is 11.8 Å². The summed E-state index contributed by atoms with van der Waals surface area (Å²) in [6.07, 6.45) is 0. The van der Waals surface area contributed by atoms with E-state index in [1.54, 1.807) is 0 Å². The average molecular weight is 344 g/mol. The second-order valence-electron chi connectivity index (χ2n) is 4.74. The molecule has 0 amide bonds. The first kappa shape index (κ1) is 15.4.